The highest BCUT2D eigenvalue weighted by atomic mass is 16.5. The van der Waals surface area contributed by atoms with Gasteiger partial charge in [-0.3, -0.25) is 4.68 Å². The van der Waals surface area contributed by atoms with Gasteiger partial charge in [0.2, 0.25) is 0 Å². The maximum Gasteiger partial charge on any atom is 0.160 e. The fraction of sp³-hybridized carbons (Fsp3) is 0.357. The molecule has 0 aliphatic heterocycles. The maximum absolute atomic E-state index is 9.66. The van der Waals surface area contributed by atoms with E-state index in [1.807, 2.05) is 25.4 Å². The molecule has 1 aromatic carbocycles. The van der Waals surface area contributed by atoms with Gasteiger partial charge in [0.1, 0.15) is 0 Å². The van der Waals surface area contributed by atoms with Crippen LogP contribution in [0.4, 0.5) is 0 Å². The number of hydrogen-bond donors (Lipinski definition) is 2. The van der Waals surface area contributed by atoms with Crippen molar-refractivity contribution < 1.29 is 9.84 Å². The standard InChI is InChI=1S/C14H19N3O2/c1-17-8-6-12(16-17)5-7-15-10-11-3-4-14(19-2)13(18)9-11/h3-4,6,8-9,15,18H,5,7,10H2,1-2H3. The third-order valence-corrected chi connectivity index (χ3v) is 2.90. The number of aromatic nitrogens is 2. The number of nitrogens with zero attached hydrogens (tertiary/aromatic N) is 2. The average Bonchev–Trinajstić information content (AvgIpc) is 2.81. The van der Waals surface area contributed by atoms with Crippen molar-refractivity contribution >= 4 is 0 Å². The monoisotopic (exact) mass is 261 g/mol. The molecule has 0 unspecified atom stereocenters. The summed E-state index contributed by atoms with van der Waals surface area (Å²) in [5, 5.41) is 17.3. The van der Waals surface area contributed by atoms with Gasteiger partial charge in [-0.05, 0) is 23.8 Å². The molecule has 0 radical (unpaired) electrons. The maximum atomic E-state index is 9.66. The molecule has 0 bridgehead atoms. The fourth-order valence-corrected chi connectivity index (χ4v) is 1.89. The van der Waals surface area contributed by atoms with Gasteiger partial charge in [-0.15, -0.1) is 0 Å². The van der Waals surface area contributed by atoms with Gasteiger partial charge in [0.15, 0.2) is 11.5 Å². The first kappa shape index (κ1) is 13.4. The molecule has 5 heteroatoms. The normalized spacial score (nSPS) is 10.6. The summed E-state index contributed by atoms with van der Waals surface area (Å²) in [5.41, 5.74) is 2.10. The van der Waals surface area contributed by atoms with Gasteiger partial charge in [0, 0.05) is 32.8 Å². The zero-order valence-electron chi connectivity index (χ0n) is 11.3. The van der Waals surface area contributed by atoms with Gasteiger partial charge in [-0.1, -0.05) is 6.07 Å². The molecule has 2 rings (SSSR count). The Morgan fingerprint density at radius 3 is 2.84 bits per heavy atom. The predicted octanol–water partition coefficient (Wildman–Crippen LogP) is 1.47. The van der Waals surface area contributed by atoms with Gasteiger partial charge in [-0.25, -0.2) is 0 Å². The lowest BCUT2D eigenvalue weighted by molar-refractivity contribution is 0.373. The molecular formula is C14H19N3O2. The highest BCUT2D eigenvalue weighted by molar-refractivity contribution is 5.41. The molecule has 0 saturated carbocycles. The second-order valence-corrected chi connectivity index (χ2v) is 4.41. The Morgan fingerprint density at radius 2 is 2.21 bits per heavy atom. The van der Waals surface area contributed by atoms with Crippen molar-refractivity contribution in [2.75, 3.05) is 13.7 Å². The van der Waals surface area contributed by atoms with Crippen LogP contribution in [0.3, 0.4) is 0 Å². The fourth-order valence-electron chi connectivity index (χ4n) is 1.89. The van der Waals surface area contributed by atoms with Crippen LogP contribution in [0.25, 0.3) is 0 Å². The van der Waals surface area contributed by atoms with Crippen molar-refractivity contribution in [2.24, 2.45) is 7.05 Å². The molecule has 19 heavy (non-hydrogen) atoms. The SMILES string of the molecule is COc1ccc(CNCCc2ccn(C)n2)cc1O. The number of benzene rings is 1. The molecule has 2 aromatic rings. The number of rotatable bonds is 6. The van der Waals surface area contributed by atoms with Crippen molar-refractivity contribution in [1.82, 2.24) is 15.1 Å². The number of methoxy groups -OCH3 is 1. The first-order chi connectivity index (χ1) is 9.19. The predicted molar refractivity (Wildman–Crippen MR) is 73.3 cm³/mol. The molecule has 0 atom stereocenters. The summed E-state index contributed by atoms with van der Waals surface area (Å²) in [6.45, 7) is 1.56. The quantitative estimate of drug-likeness (QED) is 0.773. The molecule has 5 nitrogen and oxygen atoms in total. The largest absolute Gasteiger partial charge is 0.504 e. The number of hydrogen-bond acceptors (Lipinski definition) is 4. The van der Waals surface area contributed by atoms with Crippen molar-refractivity contribution in [2.45, 2.75) is 13.0 Å². The third-order valence-electron chi connectivity index (χ3n) is 2.90. The molecule has 0 saturated heterocycles. The first-order valence-corrected chi connectivity index (χ1v) is 6.24. The van der Waals surface area contributed by atoms with E-state index in [0.717, 1.165) is 24.2 Å². The molecule has 0 aliphatic carbocycles. The number of phenols is 1. The molecule has 0 aliphatic rings. The number of nitrogens with one attached hydrogen (secondary N) is 1. The zero-order chi connectivity index (χ0) is 13.7. The number of ether oxygens (including phenoxy) is 1. The number of aryl methyl sites for hydroxylation is 1. The van der Waals surface area contributed by atoms with Crippen LogP contribution in [-0.4, -0.2) is 28.5 Å². The summed E-state index contributed by atoms with van der Waals surface area (Å²) in [4.78, 5) is 0. The molecule has 102 valence electrons. The Kier molecular flexibility index (Phi) is 4.41. The van der Waals surface area contributed by atoms with E-state index >= 15 is 0 Å². The summed E-state index contributed by atoms with van der Waals surface area (Å²) in [6, 6.07) is 7.44. The van der Waals surface area contributed by atoms with Gasteiger partial charge in [-0.2, -0.15) is 5.10 Å². The Morgan fingerprint density at radius 1 is 1.37 bits per heavy atom. The van der Waals surface area contributed by atoms with E-state index in [4.69, 9.17) is 4.74 Å². The summed E-state index contributed by atoms with van der Waals surface area (Å²) in [5.74, 6) is 0.670. The molecule has 0 fully saturated rings. The van der Waals surface area contributed by atoms with Gasteiger partial charge in [0.25, 0.3) is 0 Å². The minimum atomic E-state index is 0.173. The molecule has 2 N–H and O–H groups in total. The van der Waals surface area contributed by atoms with Crippen LogP contribution in [0, 0.1) is 0 Å². The minimum absolute atomic E-state index is 0.173. The summed E-state index contributed by atoms with van der Waals surface area (Å²) < 4.78 is 6.81. The van der Waals surface area contributed by atoms with E-state index in [9.17, 15) is 5.11 Å². The molecule has 1 aromatic heterocycles. The van der Waals surface area contributed by atoms with Crippen molar-refractivity contribution in [3.63, 3.8) is 0 Å². The van der Waals surface area contributed by atoms with E-state index in [1.165, 1.54) is 0 Å². The molecule has 1 heterocycles. The van der Waals surface area contributed by atoms with Gasteiger partial charge < -0.3 is 15.2 Å². The van der Waals surface area contributed by atoms with Crippen LogP contribution in [0.2, 0.25) is 0 Å². The molecular weight excluding hydrogens is 242 g/mol. The number of phenolic OH excluding ortho intramolecular Hbond substituents is 1. The first-order valence-electron chi connectivity index (χ1n) is 6.24. The van der Waals surface area contributed by atoms with E-state index in [-0.39, 0.29) is 5.75 Å². The van der Waals surface area contributed by atoms with Crippen LogP contribution in [0.1, 0.15) is 11.3 Å². The Hall–Kier alpha value is -2.01. The molecule has 0 spiro atoms. The Balaban J connectivity index is 1.78. The van der Waals surface area contributed by atoms with E-state index in [0.29, 0.717) is 12.3 Å². The van der Waals surface area contributed by atoms with E-state index < -0.39 is 0 Å². The van der Waals surface area contributed by atoms with Crippen LogP contribution < -0.4 is 10.1 Å². The minimum Gasteiger partial charge on any atom is -0.504 e. The lowest BCUT2D eigenvalue weighted by atomic mass is 10.2. The van der Waals surface area contributed by atoms with E-state index in [1.54, 1.807) is 23.9 Å². The van der Waals surface area contributed by atoms with E-state index in [2.05, 4.69) is 10.4 Å². The van der Waals surface area contributed by atoms with Crippen molar-refractivity contribution in [3.8, 4) is 11.5 Å². The van der Waals surface area contributed by atoms with Crippen molar-refractivity contribution in [1.29, 1.82) is 0 Å². The summed E-state index contributed by atoms with van der Waals surface area (Å²) in [6.07, 6.45) is 2.83. The highest BCUT2D eigenvalue weighted by Crippen LogP contribution is 2.25. The summed E-state index contributed by atoms with van der Waals surface area (Å²) in [7, 11) is 3.46. The van der Waals surface area contributed by atoms with Crippen molar-refractivity contribution in [3.05, 3.63) is 41.7 Å². The molecule has 0 amide bonds. The lowest BCUT2D eigenvalue weighted by Gasteiger charge is -2.07. The lowest BCUT2D eigenvalue weighted by Crippen LogP contribution is -2.16. The van der Waals surface area contributed by atoms with Gasteiger partial charge >= 0.3 is 0 Å². The zero-order valence-corrected chi connectivity index (χ0v) is 11.3. The average molecular weight is 261 g/mol. The smallest absolute Gasteiger partial charge is 0.160 e. The number of aromatic hydroxyl groups is 1. The highest BCUT2D eigenvalue weighted by Gasteiger charge is 2.02. The Bertz CT molecular complexity index is 537. The topological polar surface area (TPSA) is 59.3 Å². The van der Waals surface area contributed by atoms with Crippen LogP contribution in [-0.2, 0) is 20.0 Å². The third kappa shape index (κ3) is 3.72. The summed E-state index contributed by atoms with van der Waals surface area (Å²) >= 11 is 0. The van der Waals surface area contributed by atoms with Crippen LogP contribution >= 0.6 is 0 Å². The Labute approximate surface area is 112 Å². The van der Waals surface area contributed by atoms with Crippen LogP contribution in [0.5, 0.6) is 11.5 Å². The van der Waals surface area contributed by atoms with Crippen LogP contribution in [0.15, 0.2) is 30.5 Å². The van der Waals surface area contributed by atoms with Gasteiger partial charge in [0.05, 0.1) is 12.8 Å². The second kappa shape index (κ2) is 6.24. The second-order valence-electron chi connectivity index (χ2n) is 4.41.